The van der Waals surface area contributed by atoms with Gasteiger partial charge in [-0.2, -0.15) is 13.2 Å². The van der Waals surface area contributed by atoms with Gasteiger partial charge in [-0.1, -0.05) is 6.58 Å². The number of aromatic nitrogens is 3. The van der Waals surface area contributed by atoms with E-state index in [2.05, 4.69) is 26.1 Å². The van der Waals surface area contributed by atoms with Crippen molar-refractivity contribution >= 4 is 11.9 Å². The van der Waals surface area contributed by atoms with Gasteiger partial charge in [0.05, 0.1) is 30.8 Å². The number of nitrogens with zero attached hydrogens (tertiary/aromatic N) is 4. The van der Waals surface area contributed by atoms with Crippen LogP contribution in [-0.4, -0.2) is 51.5 Å². The van der Waals surface area contributed by atoms with Gasteiger partial charge in [-0.25, -0.2) is 19.3 Å². The molecule has 1 aromatic heterocycles. The predicted molar refractivity (Wildman–Crippen MR) is 86.3 cm³/mol. The number of hydrogen-bond donors (Lipinski definition) is 0. The Balaban J connectivity index is 3.24. The second-order valence-corrected chi connectivity index (χ2v) is 4.93. The first kappa shape index (κ1) is 22.5. The van der Waals surface area contributed by atoms with Gasteiger partial charge < -0.3 is 9.47 Å². The molecule has 13 heteroatoms. The maximum absolute atomic E-state index is 12.6. The van der Waals surface area contributed by atoms with E-state index in [1.807, 2.05) is 0 Å². The van der Waals surface area contributed by atoms with E-state index in [1.54, 1.807) is 6.92 Å². The number of halogens is 3. The quantitative estimate of drug-likeness (QED) is 0.211. The van der Waals surface area contributed by atoms with Crippen LogP contribution in [0.25, 0.3) is 0 Å². The molecule has 0 aliphatic heterocycles. The summed E-state index contributed by atoms with van der Waals surface area (Å²) in [6.45, 7) is 4.03. The highest BCUT2D eigenvalue weighted by atomic mass is 19.4. The Morgan fingerprint density at radius 3 is 2.57 bits per heavy atom. The highest BCUT2D eigenvalue weighted by Gasteiger charge is 2.34. The van der Waals surface area contributed by atoms with Crippen molar-refractivity contribution in [2.45, 2.75) is 19.6 Å². The first-order valence-electron chi connectivity index (χ1n) is 7.48. The molecule has 0 aliphatic rings. The Morgan fingerprint density at radius 2 is 2.07 bits per heavy atom. The van der Waals surface area contributed by atoms with Crippen molar-refractivity contribution in [3.8, 4) is 0 Å². The van der Waals surface area contributed by atoms with Crippen LogP contribution in [0.3, 0.4) is 0 Å². The normalized spacial score (nSPS) is 12.5. The minimum absolute atomic E-state index is 0.0832. The molecule has 10 nitrogen and oxygen atoms in total. The van der Waals surface area contributed by atoms with Gasteiger partial charge >= 0.3 is 18.1 Å². The number of ether oxygens (including phenoxy) is 2. The third-order valence-electron chi connectivity index (χ3n) is 3.03. The first-order valence-corrected chi connectivity index (χ1v) is 7.48. The summed E-state index contributed by atoms with van der Waals surface area (Å²) in [5.74, 6) is -2.36. The molecule has 0 bridgehead atoms. The zero-order chi connectivity index (χ0) is 21.5. The number of rotatable bonds is 8. The smallest absolute Gasteiger partial charge is 0.416 e. The summed E-state index contributed by atoms with van der Waals surface area (Å²) in [4.78, 5) is 37.0. The molecule has 0 fully saturated rings. The second kappa shape index (κ2) is 9.43. The molecule has 0 N–H and O–H groups in total. The molecule has 0 aromatic carbocycles. The van der Waals surface area contributed by atoms with Crippen LogP contribution in [0.4, 0.5) is 13.2 Å². The highest BCUT2D eigenvalue weighted by Crippen LogP contribution is 2.27. The molecule has 0 radical (unpaired) electrons. The average molecular weight is 404 g/mol. The second-order valence-electron chi connectivity index (χ2n) is 4.93. The van der Waals surface area contributed by atoms with E-state index in [0.29, 0.717) is 0 Å². The number of carbonyl (C=O) groups excluding carboxylic acids is 2. The third-order valence-corrected chi connectivity index (χ3v) is 3.03. The fourth-order valence-corrected chi connectivity index (χ4v) is 1.73. The molecule has 0 spiro atoms. The summed E-state index contributed by atoms with van der Waals surface area (Å²) in [7, 11) is 0.903. The average Bonchev–Trinajstić information content (AvgIpc) is 3.08. The largest absolute Gasteiger partial charge is 0.465 e. The minimum Gasteiger partial charge on any atom is -0.465 e. The van der Waals surface area contributed by atoms with Gasteiger partial charge in [0.25, 0.3) is 11.5 Å². The summed E-state index contributed by atoms with van der Waals surface area (Å²) < 4.78 is 48.0. The van der Waals surface area contributed by atoms with E-state index >= 15 is 0 Å². The number of hydrogen-bond acceptors (Lipinski definition) is 8. The summed E-state index contributed by atoms with van der Waals surface area (Å²) >= 11 is 0. The first-order chi connectivity index (χ1) is 13.0. The number of allylic oxidation sites excluding steroid dienone is 3. The number of alkyl halides is 3. The lowest BCUT2D eigenvalue weighted by atomic mass is 10.1. The van der Waals surface area contributed by atoms with Crippen molar-refractivity contribution in [1.82, 2.24) is 14.8 Å². The lowest BCUT2D eigenvalue weighted by Gasteiger charge is -2.07. The van der Waals surface area contributed by atoms with Crippen LogP contribution >= 0.6 is 0 Å². The molecule has 0 aliphatic carbocycles. The van der Waals surface area contributed by atoms with Crippen LogP contribution in [0.1, 0.15) is 17.5 Å². The van der Waals surface area contributed by atoms with Crippen LogP contribution < -0.4 is 0 Å². The lowest BCUT2D eigenvalue weighted by Crippen LogP contribution is -2.16. The van der Waals surface area contributed by atoms with Crippen molar-refractivity contribution in [3.63, 3.8) is 0 Å². The summed E-state index contributed by atoms with van der Waals surface area (Å²) in [5, 5.41) is 14.9. The minimum atomic E-state index is -4.93. The Bertz CT molecular complexity index is 841. The Kier molecular flexibility index (Phi) is 7.59. The molecule has 0 saturated heterocycles. The van der Waals surface area contributed by atoms with E-state index in [1.165, 1.54) is 0 Å². The van der Waals surface area contributed by atoms with Gasteiger partial charge in [0.1, 0.15) is 11.9 Å². The van der Waals surface area contributed by atoms with Gasteiger partial charge in [-0.05, 0) is 13.0 Å². The number of methoxy groups -OCH3 is 1. The SMILES string of the molecule is C=C(/C=C(\C(=C/Cn1cnc(C(=O)OCC)n1)C(=O)OC)[N+](=O)[O-])C(F)(F)F. The van der Waals surface area contributed by atoms with Crippen LogP contribution in [0.15, 0.2) is 41.9 Å². The van der Waals surface area contributed by atoms with Crippen molar-refractivity contribution < 1.29 is 37.2 Å². The van der Waals surface area contributed by atoms with Gasteiger partial charge in [-0.3, -0.25) is 10.1 Å². The van der Waals surface area contributed by atoms with Crippen molar-refractivity contribution in [2.75, 3.05) is 13.7 Å². The monoisotopic (exact) mass is 404 g/mol. The molecule has 28 heavy (non-hydrogen) atoms. The van der Waals surface area contributed by atoms with Crippen LogP contribution in [0.5, 0.6) is 0 Å². The molecular formula is C15H15F3N4O6. The molecule has 0 unspecified atom stereocenters. The molecule has 0 amide bonds. The van der Waals surface area contributed by atoms with Gasteiger partial charge in [0, 0.05) is 6.08 Å². The number of nitro groups is 1. The molecule has 1 heterocycles. The van der Waals surface area contributed by atoms with E-state index < -0.39 is 39.9 Å². The third kappa shape index (κ3) is 6.03. The number of esters is 2. The zero-order valence-corrected chi connectivity index (χ0v) is 14.7. The van der Waals surface area contributed by atoms with Crippen molar-refractivity contribution in [2.24, 2.45) is 0 Å². The zero-order valence-electron chi connectivity index (χ0n) is 14.7. The van der Waals surface area contributed by atoms with Gasteiger partial charge in [0.15, 0.2) is 0 Å². The van der Waals surface area contributed by atoms with Crippen LogP contribution in [-0.2, 0) is 20.8 Å². The Hall–Kier alpha value is -3.51. The van der Waals surface area contributed by atoms with E-state index in [0.717, 1.165) is 24.2 Å². The van der Waals surface area contributed by atoms with E-state index in [4.69, 9.17) is 0 Å². The van der Waals surface area contributed by atoms with Crippen LogP contribution in [0, 0.1) is 10.1 Å². The highest BCUT2D eigenvalue weighted by molar-refractivity contribution is 5.92. The lowest BCUT2D eigenvalue weighted by molar-refractivity contribution is -0.420. The summed E-state index contributed by atoms with van der Waals surface area (Å²) in [6.07, 6.45) is -2.83. The van der Waals surface area contributed by atoms with Gasteiger partial charge in [0.2, 0.25) is 0 Å². The Morgan fingerprint density at radius 1 is 1.43 bits per heavy atom. The fourth-order valence-electron chi connectivity index (χ4n) is 1.73. The summed E-state index contributed by atoms with van der Waals surface area (Å²) in [5.41, 5.74) is -3.45. The maximum Gasteiger partial charge on any atom is 0.416 e. The standard InChI is InChI=1S/C15H15F3N4O6/c1-4-28-14(24)12-19-8-21(20-12)6-5-10(13(23)27-3)11(22(25)26)7-9(2)15(16,17)18/h5,7-8H,2,4,6H2,1,3H3/b10-5+,11-7+. The maximum atomic E-state index is 12.6. The van der Waals surface area contributed by atoms with Gasteiger partial charge in [-0.15, -0.1) is 5.10 Å². The van der Waals surface area contributed by atoms with Crippen LogP contribution in [0.2, 0.25) is 0 Å². The summed E-state index contributed by atoms with van der Waals surface area (Å²) in [6, 6.07) is 0. The fraction of sp³-hybridized carbons (Fsp3) is 0.333. The Labute approximate surface area is 156 Å². The molecule has 1 aromatic rings. The van der Waals surface area contributed by atoms with Crippen molar-refractivity contribution in [3.05, 3.63) is 57.8 Å². The van der Waals surface area contributed by atoms with E-state index in [-0.39, 0.29) is 25.1 Å². The number of carbonyl (C=O) groups is 2. The predicted octanol–water partition coefficient (Wildman–Crippen LogP) is 1.83. The molecule has 1 rings (SSSR count). The molecule has 0 saturated carbocycles. The molecular weight excluding hydrogens is 389 g/mol. The topological polar surface area (TPSA) is 126 Å². The van der Waals surface area contributed by atoms with Crippen molar-refractivity contribution in [1.29, 1.82) is 0 Å². The molecule has 0 atom stereocenters. The van der Waals surface area contributed by atoms with E-state index in [9.17, 15) is 32.9 Å². The molecule has 152 valence electrons.